The average molecular weight is 173 g/mol. The molecule has 0 bridgehead atoms. The van der Waals surface area contributed by atoms with E-state index in [2.05, 4.69) is 49.8 Å². The monoisotopic (exact) mass is 173 g/mol. The van der Waals surface area contributed by atoms with Crippen LogP contribution in [0.1, 0.15) is 31.7 Å². The van der Waals surface area contributed by atoms with Crippen LogP contribution >= 0.6 is 0 Å². The molecule has 0 heteroatoms. The van der Waals surface area contributed by atoms with Gasteiger partial charge in [-0.25, -0.2) is 0 Å². The van der Waals surface area contributed by atoms with E-state index in [0.717, 1.165) is 0 Å². The van der Waals surface area contributed by atoms with Crippen LogP contribution in [-0.4, -0.2) is 0 Å². The molecule has 1 aromatic rings. The first kappa shape index (κ1) is 10.0. The Morgan fingerprint density at radius 2 is 1.92 bits per heavy atom. The molecule has 0 atom stereocenters. The third-order valence-electron chi connectivity index (χ3n) is 1.95. The standard InChI is InChI=1S/C13H17/c1-2-3-4-5-7-10-13-11-8-6-9-12-13/h5-12H,2-4H2,1H3. The van der Waals surface area contributed by atoms with Crippen molar-refractivity contribution in [3.63, 3.8) is 0 Å². The topological polar surface area (TPSA) is 0 Å². The van der Waals surface area contributed by atoms with Gasteiger partial charge in [-0.3, -0.25) is 0 Å². The second kappa shape index (κ2) is 6.47. The predicted octanol–water partition coefficient (Wildman–Crippen LogP) is 3.99. The first-order valence-corrected chi connectivity index (χ1v) is 4.98. The molecule has 0 fully saturated rings. The first-order valence-electron chi connectivity index (χ1n) is 4.98. The Hall–Kier alpha value is -1.04. The Morgan fingerprint density at radius 1 is 1.15 bits per heavy atom. The number of rotatable bonds is 5. The highest BCUT2D eigenvalue weighted by Crippen LogP contribution is 2.03. The van der Waals surface area contributed by atoms with Gasteiger partial charge in [0.1, 0.15) is 0 Å². The fourth-order valence-electron chi connectivity index (χ4n) is 1.16. The molecule has 0 heterocycles. The SMILES string of the molecule is CCCCC=C[CH]c1ccccc1. The molecular weight excluding hydrogens is 156 g/mol. The summed E-state index contributed by atoms with van der Waals surface area (Å²) >= 11 is 0. The Kier molecular flexibility index (Phi) is 5.00. The zero-order valence-electron chi connectivity index (χ0n) is 8.24. The van der Waals surface area contributed by atoms with Gasteiger partial charge in [-0.2, -0.15) is 0 Å². The molecule has 0 amide bonds. The van der Waals surface area contributed by atoms with Gasteiger partial charge in [0.2, 0.25) is 0 Å². The maximum Gasteiger partial charge on any atom is 0.0121 e. The lowest BCUT2D eigenvalue weighted by molar-refractivity contribution is 0.814. The molecule has 1 radical (unpaired) electrons. The zero-order chi connectivity index (χ0) is 9.36. The molecule has 0 aromatic heterocycles. The number of hydrogen-bond donors (Lipinski definition) is 0. The molecule has 0 spiro atoms. The molecule has 0 saturated heterocycles. The van der Waals surface area contributed by atoms with E-state index in [-0.39, 0.29) is 0 Å². The quantitative estimate of drug-likeness (QED) is 0.591. The van der Waals surface area contributed by atoms with Crippen LogP contribution in [0.25, 0.3) is 0 Å². The Morgan fingerprint density at radius 3 is 2.62 bits per heavy atom. The van der Waals surface area contributed by atoms with Crippen LogP contribution < -0.4 is 0 Å². The predicted molar refractivity (Wildman–Crippen MR) is 58.5 cm³/mol. The summed E-state index contributed by atoms with van der Waals surface area (Å²) < 4.78 is 0. The third-order valence-corrected chi connectivity index (χ3v) is 1.95. The van der Waals surface area contributed by atoms with Crippen molar-refractivity contribution in [1.29, 1.82) is 0 Å². The van der Waals surface area contributed by atoms with Crippen LogP contribution in [0.3, 0.4) is 0 Å². The molecule has 1 aromatic carbocycles. The number of benzene rings is 1. The lowest BCUT2D eigenvalue weighted by Crippen LogP contribution is -1.75. The van der Waals surface area contributed by atoms with Crippen molar-refractivity contribution in [3.05, 3.63) is 54.5 Å². The maximum absolute atomic E-state index is 2.23. The van der Waals surface area contributed by atoms with E-state index in [1.54, 1.807) is 0 Å². The molecule has 0 unspecified atom stereocenters. The second-order valence-electron chi connectivity index (χ2n) is 3.15. The van der Waals surface area contributed by atoms with Crippen molar-refractivity contribution >= 4 is 0 Å². The largest absolute Gasteiger partial charge is 0.0879 e. The highest BCUT2D eigenvalue weighted by Gasteiger charge is 1.85. The molecule has 0 saturated carbocycles. The van der Waals surface area contributed by atoms with Crippen molar-refractivity contribution in [2.45, 2.75) is 26.2 Å². The van der Waals surface area contributed by atoms with E-state index >= 15 is 0 Å². The van der Waals surface area contributed by atoms with Crippen LogP contribution in [0.4, 0.5) is 0 Å². The second-order valence-corrected chi connectivity index (χ2v) is 3.15. The van der Waals surface area contributed by atoms with Crippen LogP contribution in [0.5, 0.6) is 0 Å². The summed E-state index contributed by atoms with van der Waals surface area (Å²) in [6.45, 7) is 2.22. The number of hydrogen-bond acceptors (Lipinski definition) is 0. The molecule has 0 aliphatic rings. The fraction of sp³-hybridized carbons (Fsp3) is 0.308. The van der Waals surface area contributed by atoms with Crippen molar-refractivity contribution in [2.24, 2.45) is 0 Å². The van der Waals surface area contributed by atoms with Gasteiger partial charge in [0.15, 0.2) is 0 Å². The van der Waals surface area contributed by atoms with Gasteiger partial charge in [0.05, 0.1) is 0 Å². The van der Waals surface area contributed by atoms with Gasteiger partial charge in [-0.15, -0.1) is 0 Å². The van der Waals surface area contributed by atoms with Gasteiger partial charge in [0, 0.05) is 6.42 Å². The highest BCUT2D eigenvalue weighted by atomic mass is 13.9. The van der Waals surface area contributed by atoms with E-state index in [9.17, 15) is 0 Å². The molecular formula is C13H17. The minimum Gasteiger partial charge on any atom is -0.0879 e. The van der Waals surface area contributed by atoms with E-state index in [1.165, 1.54) is 24.8 Å². The summed E-state index contributed by atoms with van der Waals surface area (Å²) in [7, 11) is 0. The van der Waals surface area contributed by atoms with Crippen LogP contribution in [0, 0.1) is 6.42 Å². The first-order chi connectivity index (χ1) is 6.43. The molecule has 0 nitrogen and oxygen atoms in total. The molecule has 13 heavy (non-hydrogen) atoms. The van der Waals surface area contributed by atoms with Crippen LogP contribution in [0.2, 0.25) is 0 Å². The van der Waals surface area contributed by atoms with E-state index < -0.39 is 0 Å². The third kappa shape index (κ3) is 4.51. The van der Waals surface area contributed by atoms with Gasteiger partial charge >= 0.3 is 0 Å². The lowest BCUT2D eigenvalue weighted by Gasteiger charge is -1.93. The zero-order valence-corrected chi connectivity index (χ0v) is 8.24. The fourth-order valence-corrected chi connectivity index (χ4v) is 1.16. The van der Waals surface area contributed by atoms with E-state index in [0.29, 0.717) is 0 Å². The highest BCUT2D eigenvalue weighted by molar-refractivity contribution is 5.27. The summed E-state index contributed by atoms with van der Waals surface area (Å²) in [4.78, 5) is 0. The Balaban J connectivity index is 2.23. The minimum atomic E-state index is 1.19. The lowest BCUT2D eigenvalue weighted by atomic mass is 10.1. The normalized spacial score (nSPS) is 10.8. The summed E-state index contributed by atoms with van der Waals surface area (Å²) in [5, 5.41) is 0. The van der Waals surface area contributed by atoms with Crippen molar-refractivity contribution < 1.29 is 0 Å². The van der Waals surface area contributed by atoms with Crippen LogP contribution in [0.15, 0.2) is 42.5 Å². The van der Waals surface area contributed by atoms with Gasteiger partial charge in [-0.05, 0) is 12.0 Å². The molecule has 1 rings (SSSR count). The minimum absolute atomic E-state index is 1.19. The number of allylic oxidation sites excluding steroid dienone is 2. The summed E-state index contributed by atoms with van der Waals surface area (Å²) in [6.07, 6.45) is 10.3. The van der Waals surface area contributed by atoms with Gasteiger partial charge in [0.25, 0.3) is 0 Å². The molecule has 0 N–H and O–H groups in total. The molecule has 0 aliphatic heterocycles. The summed E-state index contributed by atoms with van der Waals surface area (Å²) in [6, 6.07) is 10.4. The average Bonchev–Trinajstić information content (AvgIpc) is 2.19. The van der Waals surface area contributed by atoms with Crippen molar-refractivity contribution in [3.8, 4) is 0 Å². The molecule has 69 valence electrons. The van der Waals surface area contributed by atoms with E-state index in [4.69, 9.17) is 0 Å². The van der Waals surface area contributed by atoms with E-state index in [1.807, 2.05) is 6.07 Å². The van der Waals surface area contributed by atoms with Gasteiger partial charge in [-0.1, -0.05) is 62.2 Å². The van der Waals surface area contributed by atoms with Gasteiger partial charge < -0.3 is 0 Å². The van der Waals surface area contributed by atoms with Crippen LogP contribution in [-0.2, 0) is 0 Å². The molecule has 0 aliphatic carbocycles. The maximum atomic E-state index is 2.23. The smallest absolute Gasteiger partial charge is 0.0121 e. The summed E-state index contributed by atoms with van der Waals surface area (Å²) in [5.41, 5.74) is 1.27. The Bertz CT molecular complexity index is 233. The summed E-state index contributed by atoms with van der Waals surface area (Å²) in [5.74, 6) is 0. The number of unbranched alkanes of at least 4 members (excludes halogenated alkanes) is 2. The van der Waals surface area contributed by atoms with Crippen molar-refractivity contribution in [2.75, 3.05) is 0 Å². The van der Waals surface area contributed by atoms with Crippen molar-refractivity contribution in [1.82, 2.24) is 0 Å². The Labute approximate surface area is 81.3 Å².